The average molecular weight is 287 g/mol. The molecule has 2 fully saturated rings. The SMILES string of the molecule is CCCC1CCC(CN)C(S(=O)C2CCOCC2)C1. The second-order valence-electron chi connectivity index (χ2n) is 6.14. The molecule has 3 nitrogen and oxygen atoms in total. The molecule has 0 aromatic rings. The van der Waals surface area contributed by atoms with E-state index in [2.05, 4.69) is 6.92 Å². The fourth-order valence-electron chi connectivity index (χ4n) is 3.65. The van der Waals surface area contributed by atoms with E-state index in [1.807, 2.05) is 0 Å². The first kappa shape index (κ1) is 15.5. The highest BCUT2D eigenvalue weighted by atomic mass is 32.2. The molecular weight excluding hydrogens is 258 g/mol. The summed E-state index contributed by atoms with van der Waals surface area (Å²) in [6.07, 6.45) is 8.09. The highest BCUT2D eigenvalue weighted by Gasteiger charge is 2.36. The van der Waals surface area contributed by atoms with Gasteiger partial charge < -0.3 is 10.5 Å². The van der Waals surface area contributed by atoms with Gasteiger partial charge in [0, 0.05) is 34.5 Å². The molecular formula is C15H29NO2S. The Morgan fingerprint density at radius 3 is 2.58 bits per heavy atom. The zero-order valence-electron chi connectivity index (χ0n) is 12.2. The van der Waals surface area contributed by atoms with E-state index in [-0.39, 0.29) is 0 Å². The largest absolute Gasteiger partial charge is 0.381 e. The Kier molecular flexibility index (Phi) is 6.30. The van der Waals surface area contributed by atoms with Gasteiger partial charge in [0.2, 0.25) is 0 Å². The third-order valence-corrected chi connectivity index (χ3v) is 7.13. The van der Waals surface area contributed by atoms with Crippen molar-refractivity contribution in [2.75, 3.05) is 19.8 Å². The molecule has 1 aliphatic heterocycles. The van der Waals surface area contributed by atoms with Crippen molar-refractivity contribution in [1.29, 1.82) is 0 Å². The summed E-state index contributed by atoms with van der Waals surface area (Å²) in [4.78, 5) is 0. The summed E-state index contributed by atoms with van der Waals surface area (Å²) in [6.45, 7) is 4.53. The molecule has 0 aromatic carbocycles. The molecule has 0 amide bonds. The van der Waals surface area contributed by atoms with E-state index in [1.165, 1.54) is 25.7 Å². The molecule has 1 saturated heterocycles. The van der Waals surface area contributed by atoms with Gasteiger partial charge >= 0.3 is 0 Å². The zero-order chi connectivity index (χ0) is 13.7. The van der Waals surface area contributed by atoms with Gasteiger partial charge in [0.25, 0.3) is 0 Å². The monoisotopic (exact) mass is 287 g/mol. The minimum absolute atomic E-state index is 0.346. The summed E-state index contributed by atoms with van der Waals surface area (Å²) in [5.41, 5.74) is 5.92. The topological polar surface area (TPSA) is 52.3 Å². The standard InChI is InChI=1S/C15H29NO2S/c1-2-3-12-4-5-13(11-16)15(10-12)19(17)14-6-8-18-9-7-14/h12-15H,2-11,16H2,1H3. The molecule has 0 aromatic heterocycles. The maximum Gasteiger partial charge on any atom is 0.0477 e. The molecule has 1 aliphatic carbocycles. The lowest BCUT2D eigenvalue weighted by Crippen LogP contribution is -2.42. The van der Waals surface area contributed by atoms with Gasteiger partial charge in [0.15, 0.2) is 0 Å². The van der Waals surface area contributed by atoms with Crippen LogP contribution in [0, 0.1) is 11.8 Å². The molecule has 4 unspecified atom stereocenters. The van der Waals surface area contributed by atoms with Gasteiger partial charge in [-0.1, -0.05) is 26.2 Å². The second-order valence-corrected chi connectivity index (χ2v) is 8.07. The van der Waals surface area contributed by atoms with Crippen molar-refractivity contribution >= 4 is 10.8 Å². The van der Waals surface area contributed by atoms with Crippen molar-refractivity contribution in [3.63, 3.8) is 0 Å². The lowest BCUT2D eigenvalue weighted by atomic mass is 9.80. The lowest BCUT2D eigenvalue weighted by molar-refractivity contribution is 0.0987. The van der Waals surface area contributed by atoms with E-state index >= 15 is 0 Å². The fourth-order valence-corrected chi connectivity index (χ4v) is 5.89. The maximum atomic E-state index is 12.9. The molecule has 4 heteroatoms. The Bertz CT molecular complexity index is 292. The molecule has 2 N–H and O–H groups in total. The third kappa shape index (κ3) is 4.02. The number of nitrogens with two attached hydrogens (primary N) is 1. The lowest BCUT2D eigenvalue weighted by Gasteiger charge is -2.37. The van der Waals surface area contributed by atoms with Crippen LogP contribution in [0.3, 0.4) is 0 Å². The van der Waals surface area contributed by atoms with Gasteiger partial charge in [0.1, 0.15) is 0 Å². The molecule has 4 atom stereocenters. The van der Waals surface area contributed by atoms with Gasteiger partial charge in [-0.3, -0.25) is 4.21 Å². The molecule has 112 valence electrons. The van der Waals surface area contributed by atoms with Gasteiger partial charge in [-0.05, 0) is 44.1 Å². The van der Waals surface area contributed by atoms with Crippen molar-refractivity contribution in [3.8, 4) is 0 Å². The maximum absolute atomic E-state index is 12.9. The van der Waals surface area contributed by atoms with Crippen LogP contribution in [0.5, 0.6) is 0 Å². The molecule has 0 spiro atoms. The Balaban J connectivity index is 1.98. The zero-order valence-corrected chi connectivity index (χ0v) is 13.0. The molecule has 2 aliphatic rings. The molecule has 1 heterocycles. The van der Waals surface area contributed by atoms with Crippen LogP contribution in [0.4, 0.5) is 0 Å². The van der Waals surface area contributed by atoms with Gasteiger partial charge in [-0.15, -0.1) is 0 Å². The first-order valence-electron chi connectivity index (χ1n) is 7.93. The summed E-state index contributed by atoms with van der Waals surface area (Å²) in [6, 6.07) is 0. The van der Waals surface area contributed by atoms with E-state index < -0.39 is 10.8 Å². The van der Waals surface area contributed by atoms with Crippen LogP contribution in [-0.2, 0) is 15.5 Å². The van der Waals surface area contributed by atoms with Crippen LogP contribution >= 0.6 is 0 Å². The smallest absolute Gasteiger partial charge is 0.0477 e. The summed E-state index contributed by atoms with van der Waals surface area (Å²) < 4.78 is 18.3. The quantitative estimate of drug-likeness (QED) is 0.845. The van der Waals surface area contributed by atoms with Crippen LogP contribution in [0.15, 0.2) is 0 Å². The second kappa shape index (κ2) is 7.75. The average Bonchev–Trinajstić information content (AvgIpc) is 2.47. The Labute approximate surface area is 120 Å². The van der Waals surface area contributed by atoms with Crippen LogP contribution in [-0.4, -0.2) is 34.5 Å². The van der Waals surface area contributed by atoms with Crippen molar-refractivity contribution in [3.05, 3.63) is 0 Å². The first-order valence-corrected chi connectivity index (χ1v) is 9.21. The minimum atomic E-state index is -0.707. The number of rotatable bonds is 5. The predicted octanol–water partition coefficient (Wildman–Crippen LogP) is 2.46. The van der Waals surface area contributed by atoms with E-state index in [1.54, 1.807) is 0 Å². The molecule has 19 heavy (non-hydrogen) atoms. The van der Waals surface area contributed by atoms with Gasteiger partial charge in [0.05, 0.1) is 0 Å². The minimum Gasteiger partial charge on any atom is -0.381 e. The molecule has 1 saturated carbocycles. The summed E-state index contributed by atoms with van der Waals surface area (Å²) in [7, 11) is -0.707. The van der Waals surface area contributed by atoms with Crippen molar-refractivity contribution in [1.82, 2.24) is 0 Å². The molecule has 2 rings (SSSR count). The van der Waals surface area contributed by atoms with Crippen LogP contribution < -0.4 is 5.73 Å². The van der Waals surface area contributed by atoms with E-state index in [0.717, 1.165) is 38.4 Å². The predicted molar refractivity (Wildman–Crippen MR) is 80.6 cm³/mol. The van der Waals surface area contributed by atoms with Crippen LogP contribution in [0.1, 0.15) is 51.9 Å². The van der Waals surface area contributed by atoms with Gasteiger partial charge in [-0.25, -0.2) is 0 Å². The van der Waals surface area contributed by atoms with Crippen molar-refractivity contribution < 1.29 is 8.95 Å². The number of hydrogen-bond donors (Lipinski definition) is 1. The van der Waals surface area contributed by atoms with E-state index in [9.17, 15) is 4.21 Å². The van der Waals surface area contributed by atoms with Crippen LogP contribution in [0.25, 0.3) is 0 Å². The summed E-state index contributed by atoms with van der Waals surface area (Å²) in [5, 5.41) is 0.701. The highest BCUT2D eigenvalue weighted by Crippen LogP contribution is 2.36. The van der Waals surface area contributed by atoms with Crippen LogP contribution in [0.2, 0.25) is 0 Å². The number of ether oxygens (including phenoxy) is 1. The summed E-state index contributed by atoms with van der Waals surface area (Å²) >= 11 is 0. The number of hydrogen-bond acceptors (Lipinski definition) is 3. The van der Waals surface area contributed by atoms with Gasteiger partial charge in [-0.2, -0.15) is 0 Å². The van der Waals surface area contributed by atoms with E-state index in [4.69, 9.17) is 10.5 Å². The normalized spacial score (nSPS) is 35.2. The Morgan fingerprint density at radius 1 is 1.21 bits per heavy atom. The Hall–Kier alpha value is 0.0700. The molecule has 0 bridgehead atoms. The fraction of sp³-hybridized carbons (Fsp3) is 1.00. The third-order valence-electron chi connectivity index (χ3n) is 4.83. The van der Waals surface area contributed by atoms with E-state index in [0.29, 0.717) is 23.0 Å². The summed E-state index contributed by atoms with van der Waals surface area (Å²) in [5.74, 6) is 1.26. The first-order chi connectivity index (χ1) is 9.26. The highest BCUT2D eigenvalue weighted by molar-refractivity contribution is 7.86. The Morgan fingerprint density at radius 2 is 1.95 bits per heavy atom. The van der Waals surface area contributed by atoms with Crippen molar-refractivity contribution in [2.24, 2.45) is 17.6 Å². The molecule has 0 radical (unpaired) electrons. The van der Waals surface area contributed by atoms with Crippen molar-refractivity contribution in [2.45, 2.75) is 62.4 Å².